The van der Waals surface area contributed by atoms with E-state index in [1.165, 1.54) is 5.56 Å². The predicted octanol–water partition coefficient (Wildman–Crippen LogP) is 3.51. The van der Waals surface area contributed by atoms with Gasteiger partial charge in [-0.05, 0) is 11.0 Å². The van der Waals surface area contributed by atoms with Gasteiger partial charge in [-0.3, -0.25) is 0 Å². The molecule has 1 heterocycles. The highest BCUT2D eigenvalue weighted by Gasteiger charge is 2.18. The Kier molecular flexibility index (Phi) is 3.32. The van der Waals surface area contributed by atoms with Crippen molar-refractivity contribution >= 4 is 17.3 Å². The summed E-state index contributed by atoms with van der Waals surface area (Å²) in [6, 6.07) is 7.78. The van der Waals surface area contributed by atoms with E-state index >= 15 is 0 Å². The maximum absolute atomic E-state index is 10.9. The highest BCUT2D eigenvalue weighted by molar-refractivity contribution is 7.17. The molecule has 0 amide bonds. The van der Waals surface area contributed by atoms with E-state index in [-0.39, 0.29) is 10.3 Å². The zero-order chi connectivity index (χ0) is 14.2. The van der Waals surface area contributed by atoms with Gasteiger partial charge in [-0.25, -0.2) is 9.78 Å². The van der Waals surface area contributed by atoms with E-state index in [2.05, 4.69) is 25.8 Å². The SMILES string of the molecule is CC(C)(C)c1ccc(-c2nc(O)c(C(=O)O)s2)cc1. The van der Waals surface area contributed by atoms with Gasteiger partial charge in [0.15, 0.2) is 4.88 Å². The third kappa shape index (κ3) is 2.76. The van der Waals surface area contributed by atoms with Crippen LogP contribution >= 0.6 is 11.3 Å². The number of aromatic hydroxyl groups is 1. The maximum Gasteiger partial charge on any atom is 0.351 e. The number of carboxylic acids is 1. The molecule has 100 valence electrons. The van der Waals surface area contributed by atoms with Gasteiger partial charge >= 0.3 is 5.97 Å². The van der Waals surface area contributed by atoms with Crippen LogP contribution in [0.3, 0.4) is 0 Å². The molecule has 0 aliphatic heterocycles. The number of aromatic nitrogens is 1. The second-order valence-electron chi connectivity index (χ2n) is 5.30. The molecule has 0 radical (unpaired) electrons. The van der Waals surface area contributed by atoms with E-state index in [1.54, 1.807) is 0 Å². The number of thiazole rings is 1. The summed E-state index contributed by atoms with van der Waals surface area (Å²) in [5, 5.41) is 18.9. The summed E-state index contributed by atoms with van der Waals surface area (Å²) in [7, 11) is 0. The summed E-state index contributed by atoms with van der Waals surface area (Å²) in [6.07, 6.45) is 0. The van der Waals surface area contributed by atoms with Gasteiger partial charge in [0.25, 0.3) is 0 Å². The number of rotatable bonds is 2. The van der Waals surface area contributed by atoms with Crippen LogP contribution in [0, 0.1) is 0 Å². The number of carboxylic acid groups (broad SMARTS) is 1. The summed E-state index contributed by atoms with van der Waals surface area (Å²) in [4.78, 5) is 14.6. The van der Waals surface area contributed by atoms with Gasteiger partial charge in [-0.1, -0.05) is 45.0 Å². The molecule has 19 heavy (non-hydrogen) atoms. The van der Waals surface area contributed by atoms with Crippen molar-refractivity contribution in [2.75, 3.05) is 0 Å². The number of benzene rings is 1. The highest BCUT2D eigenvalue weighted by atomic mass is 32.1. The van der Waals surface area contributed by atoms with Crippen LogP contribution < -0.4 is 0 Å². The third-order valence-electron chi connectivity index (χ3n) is 2.80. The van der Waals surface area contributed by atoms with Crippen LogP contribution in [0.25, 0.3) is 10.6 Å². The lowest BCUT2D eigenvalue weighted by molar-refractivity contribution is 0.0699. The Bertz CT molecular complexity index is 609. The van der Waals surface area contributed by atoms with E-state index in [4.69, 9.17) is 5.11 Å². The molecule has 1 aromatic carbocycles. The normalized spacial score (nSPS) is 11.5. The second kappa shape index (κ2) is 4.66. The molecule has 2 N–H and O–H groups in total. The Labute approximate surface area is 115 Å². The summed E-state index contributed by atoms with van der Waals surface area (Å²) in [5.41, 5.74) is 2.06. The molecular weight excluding hydrogens is 262 g/mol. The minimum atomic E-state index is -1.16. The van der Waals surface area contributed by atoms with Crippen molar-refractivity contribution in [1.82, 2.24) is 4.98 Å². The summed E-state index contributed by atoms with van der Waals surface area (Å²) in [6.45, 7) is 6.37. The predicted molar refractivity (Wildman–Crippen MR) is 74.9 cm³/mol. The molecule has 5 heteroatoms. The Morgan fingerprint density at radius 1 is 1.21 bits per heavy atom. The molecule has 2 rings (SSSR count). The Morgan fingerprint density at radius 2 is 1.79 bits per heavy atom. The first-order valence-corrected chi connectivity index (χ1v) is 6.64. The van der Waals surface area contributed by atoms with Gasteiger partial charge in [0.1, 0.15) is 5.01 Å². The number of carbonyl (C=O) groups is 1. The van der Waals surface area contributed by atoms with Gasteiger partial charge in [-0.15, -0.1) is 11.3 Å². The lowest BCUT2D eigenvalue weighted by atomic mass is 9.87. The van der Waals surface area contributed by atoms with Gasteiger partial charge in [-0.2, -0.15) is 0 Å². The number of hydrogen-bond donors (Lipinski definition) is 2. The lowest BCUT2D eigenvalue weighted by Crippen LogP contribution is -2.10. The van der Waals surface area contributed by atoms with Gasteiger partial charge in [0.05, 0.1) is 0 Å². The average Bonchev–Trinajstić information content (AvgIpc) is 2.70. The zero-order valence-electron chi connectivity index (χ0n) is 11.0. The minimum Gasteiger partial charge on any atom is -0.492 e. The zero-order valence-corrected chi connectivity index (χ0v) is 11.8. The molecule has 0 saturated carbocycles. The first-order chi connectivity index (χ1) is 8.79. The quantitative estimate of drug-likeness (QED) is 0.881. The fourth-order valence-electron chi connectivity index (χ4n) is 1.69. The average molecular weight is 277 g/mol. The van der Waals surface area contributed by atoms with Crippen molar-refractivity contribution in [2.45, 2.75) is 26.2 Å². The molecule has 0 aliphatic carbocycles. The fourth-order valence-corrected chi connectivity index (χ4v) is 2.49. The molecule has 0 atom stereocenters. The topological polar surface area (TPSA) is 70.4 Å². The molecule has 1 aromatic heterocycles. The van der Waals surface area contributed by atoms with Crippen molar-refractivity contribution in [2.24, 2.45) is 0 Å². The van der Waals surface area contributed by atoms with E-state index in [0.717, 1.165) is 16.9 Å². The highest BCUT2D eigenvalue weighted by Crippen LogP contribution is 2.33. The molecule has 0 spiro atoms. The van der Waals surface area contributed by atoms with Crippen LogP contribution in [-0.4, -0.2) is 21.2 Å². The standard InChI is InChI=1S/C14H15NO3S/c1-14(2,3)9-6-4-8(5-7-9)12-15-11(16)10(19-12)13(17)18/h4-7,16H,1-3H3,(H,17,18). The van der Waals surface area contributed by atoms with Crippen molar-refractivity contribution in [3.63, 3.8) is 0 Å². The van der Waals surface area contributed by atoms with Crippen molar-refractivity contribution in [3.05, 3.63) is 34.7 Å². The monoisotopic (exact) mass is 277 g/mol. The minimum absolute atomic E-state index is 0.0653. The van der Waals surface area contributed by atoms with Crippen molar-refractivity contribution < 1.29 is 15.0 Å². The Balaban J connectivity index is 2.38. The van der Waals surface area contributed by atoms with Gasteiger partial charge in [0.2, 0.25) is 5.88 Å². The molecule has 4 nitrogen and oxygen atoms in total. The lowest BCUT2D eigenvalue weighted by Gasteiger charge is -2.18. The van der Waals surface area contributed by atoms with Crippen LogP contribution in [0.1, 0.15) is 36.0 Å². The van der Waals surface area contributed by atoms with E-state index < -0.39 is 11.8 Å². The van der Waals surface area contributed by atoms with Crippen LogP contribution in [-0.2, 0) is 5.41 Å². The molecular formula is C14H15NO3S. The third-order valence-corrected chi connectivity index (χ3v) is 3.88. The fraction of sp³-hybridized carbons (Fsp3) is 0.286. The van der Waals surface area contributed by atoms with Crippen molar-refractivity contribution in [1.29, 1.82) is 0 Å². The molecule has 0 saturated heterocycles. The van der Waals surface area contributed by atoms with Crippen LogP contribution in [0.4, 0.5) is 0 Å². The first-order valence-electron chi connectivity index (χ1n) is 5.83. The van der Waals surface area contributed by atoms with E-state index in [1.807, 2.05) is 24.3 Å². The molecule has 0 bridgehead atoms. The first kappa shape index (κ1) is 13.5. The Morgan fingerprint density at radius 3 is 2.21 bits per heavy atom. The molecule has 2 aromatic rings. The second-order valence-corrected chi connectivity index (χ2v) is 6.30. The number of nitrogens with zero attached hydrogens (tertiary/aromatic N) is 1. The molecule has 0 aliphatic rings. The Hall–Kier alpha value is -1.88. The van der Waals surface area contributed by atoms with Crippen molar-refractivity contribution in [3.8, 4) is 16.5 Å². The number of aromatic carboxylic acids is 1. The summed E-state index contributed by atoms with van der Waals surface area (Å²) >= 11 is 0.973. The van der Waals surface area contributed by atoms with Crippen LogP contribution in [0.5, 0.6) is 5.88 Å². The van der Waals surface area contributed by atoms with E-state index in [0.29, 0.717) is 5.01 Å². The largest absolute Gasteiger partial charge is 0.492 e. The van der Waals surface area contributed by atoms with E-state index in [9.17, 15) is 9.90 Å². The smallest absolute Gasteiger partial charge is 0.351 e. The van der Waals surface area contributed by atoms with Crippen LogP contribution in [0.15, 0.2) is 24.3 Å². The molecule has 0 fully saturated rings. The van der Waals surface area contributed by atoms with Gasteiger partial charge in [0, 0.05) is 5.56 Å². The van der Waals surface area contributed by atoms with Gasteiger partial charge < -0.3 is 10.2 Å². The summed E-state index contributed by atoms with van der Waals surface area (Å²) < 4.78 is 0. The van der Waals surface area contributed by atoms with Crippen LogP contribution in [0.2, 0.25) is 0 Å². The number of hydrogen-bond acceptors (Lipinski definition) is 4. The molecule has 0 unspecified atom stereocenters. The maximum atomic E-state index is 10.9. The summed E-state index contributed by atoms with van der Waals surface area (Å²) in [5.74, 6) is -1.58.